The van der Waals surface area contributed by atoms with Gasteiger partial charge in [-0.05, 0) is 12.5 Å². The van der Waals surface area contributed by atoms with Gasteiger partial charge in [-0.3, -0.25) is 0 Å². The molecule has 0 saturated carbocycles. The van der Waals surface area contributed by atoms with E-state index in [1.54, 1.807) is 13.2 Å². The van der Waals surface area contributed by atoms with E-state index < -0.39 is 18.0 Å². The molecule has 0 heterocycles. The van der Waals surface area contributed by atoms with Gasteiger partial charge < -0.3 is 20.5 Å². The molecule has 1 atom stereocenters. The van der Waals surface area contributed by atoms with Crippen LogP contribution in [0.1, 0.15) is 25.3 Å². The molecular weight excluding hydrogens is 260 g/mol. The molecular formula is C14H20N2O4. The molecule has 0 aromatic heterocycles. The van der Waals surface area contributed by atoms with E-state index in [0.717, 1.165) is 5.56 Å². The summed E-state index contributed by atoms with van der Waals surface area (Å²) in [5.74, 6) is -0.351. The van der Waals surface area contributed by atoms with Crippen LogP contribution in [0.4, 0.5) is 4.79 Å². The molecule has 1 aromatic rings. The Morgan fingerprint density at radius 1 is 1.35 bits per heavy atom. The molecule has 2 amide bonds. The summed E-state index contributed by atoms with van der Waals surface area (Å²) in [6.45, 7) is 2.14. The van der Waals surface area contributed by atoms with Gasteiger partial charge in [-0.25, -0.2) is 9.59 Å². The second-order valence-corrected chi connectivity index (χ2v) is 4.32. The van der Waals surface area contributed by atoms with Crippen LogP contribution in [0, 0.1) is 0 Å². The number of ether oxygens (including phenoxy) is 1. The lowest BCUT2D eigenvalue weighted by molar-refractivity contribution is -0.139. The smallest absolute Gasteiger partial charge is 0.326 e. The van der Waals surface area contributed by atoms with Crippen LogP contribution in [0.25, 0.3) is 0 Å². The van der Waals surface area contributed by atoms with E-state index in [1.807, 2.05) is 25.1 Å². The summed E-state index contributed by atoms with van der Waals surface area (Å²) in [6.07, 6.45) is 1.08. The number of carboxylic acids is 1. The summed E-state index contributed by atoms with van der Waals surface area (Å²) >= 11 is 0. The van der Waals surface area contributed by atoms with Crippen LogP contribution < -0.4 is 15.4 Å². The van der Waals surface area contributed by atoms with Crippen molar-refractivity contribution < 1.29 is 19.4 Å². The Hall–Kier alpha value is -2.24. The average Bonchev–Trinajstić information content (AvgIpc) is 2.44. The second kappa shape index (κ2) is 8.04. The molecule has 0 bridgehead atoms. The van der Waals surface area contributed by atoms with Crippen molar-refractivity contribution in [3.63, 3.8) is 0 Å². The van der Waals surface area contributed by atoms with Crippen LogP contribution in [-0.2, 0) is 11.3 Å². The Morgan fingerprint density at radius 3 is 2.65 bits per heavy atom. The fraction of sp³-hybridized carbons (Fsp3) is 0.429. The third kappa shape index (κ3) is 4.79. The normalized spacial score (nSPS) is 11.5. The first-order chi connectivity index (χ1) is 9.58. The number of carbonyl (C=O) groups is 2. The number of amides is 2. The summed E-state index contributed by atoms with van der Waals surface area (Å²) in [7, 11) is 1.56. The van der Waals surface area contributed by atoms with E-state index in [0.29, 0.717) is 18.6 Å². The number of carboxylic acid groups (broad SMARTS) is 1. The van der Waals surface area contributed by atoms with Crippen LogP contribution >= 0.6 is 0 Å². The number of para-hydroxylation sites is 1. The Labute approximate surface area is 118 Å². The fourth-order valence-corrected chi connectivity index (χ4v) is 1.78. The summed E-state index contributed by atoms with van der Waals surface area (Å²) < 4.78 is 5.17. The van der Waals surface area contributed by atoms with Crippen LogP contribution in [-0.4, -0.2) is 30.3 Å². The third-order valence-electron chi connectivity index (χ3n) is 2.81. The molecule has 20 heavy (non-hydrogen) atoms. The lowest BCUT2D eigenvalue weighted by Gasteiger charge is -2.15. The minimum atomic E-state index is -1.03. The molecule has 0 aliphatic carbocycles. The van der Waals surface area contributed by atoms with Crippen molar-refractivity contribution in [2.45, 2.75) is 32.4 Å². The van der Waals surface area contributed by atoms with Crippen molar-refractivity contribution in [3.8, 4) is 5.75 Å². The van der Waals surface area contributed by atoms with Crippen molar-refractivity contribution in [2.75, 3.05) is 7.11 Å². The van der Waals surface area contributed by atoms with Gasteiger partial charge >= 0.3 is 12.0 Å². The molecule has 6 heteroatoms. The van der Waals surface area contributed by atoms with E-state index in [2.05, 4.69) is 10.6 Å². The molecule has 0 fully saturated rings. The number of methoxy groups -OCH3 is 1. The molecule has 0 aliphatic rings. The quantitative estimate of drug-likeness (QED) is 0.710. The third-order valence-corrected chi connectivity index (χ3v) is 2.81. The van der Waals surface area contributed by atoms with Gasteiger partial charge in [0.2, 0.25) is 0 Å². The lowest BCUT2D eigenvalue weighted by atomic mass is 10.2. The maximum atomic E-state index is 11.7. The highest BCUT2D eigenvalue weighted by molar-refractivity contribution is 5.82. The predicted molar refractivity (Wildman–Crippen MR) is 74.7 cm³/mol. The molecule has 0 saturated heterocycles. The number of hydrogen-bond acceptors (Lipinski definition) is 3. The molecule has 6 nitrogen and oxygen atoms in total. The first-order valence-electron chi connectivity index (χ1n) is 6.47. The Balaban J connectivity index is 2.52. The number of urea groups is 1. The molecule has 3 N–H and O–H groups in total. The van der Waals surface area contributed by atoms with E-state index in [-0.39, 0.29) is 6.54 Å². The lowest BCUT2D eigenvalue weighted by Crippen LogP contribution is -2.45. The first-order valence-corrected chi connectivity index (χ1v) is 6.47. The van der Waals surface area contributed by atoms with Gasteiger partial charge in [-0.15, -0.1) is 0 Å². The van der Waals surface area contributed by atoms with E-state index in [1.165, 1.54) is 0 Å². The second-order valence-electron chi connectivity index (χ2n) is 4.32. The van der Waals surface area contributed by atoms with E-state index >= 15 is 0 Å². The highest BCUT2D eigenvalue weighted by Crippen LogP contribution is 2.16. The Morgan fingerprint density at radius 2 is 2.05 bits per heavy atom. The standard InChI is InChI=1S/C14H20N2O4/c1-3-6-11(13(17)18)16-14(19)15-9-10-7-4-5-8-12(10)20-2/h4-5,7-8,11H,3,6,9H2,1-2H3,(H,17,18)(H2,15,16,19). The molecule has 0 radical (unpaired) electrons. The van der Waals surface area contributed by atoms with Gasteiger partial charge in [0.05, 0.1) is 7.11 Å². The Bertz CT molecular complexity index is 462. The number of aliphatic carboxylic acids is 1. The van der Waals surface area contributed by atoms with Crippen LogP contribution in [0.3, 0.4) is 0 Å². The van der Waals surface area contributed by atoms with E-state index in [4.69, 9.17) is 9.84 Å². The zero-order chi connectivity index (χ0) is 15.0. The topological polar surface area (TPSA) is 87.7 Å². The largest absolute Gasteiger partial charge is 0.496 e. The van der Waals surface area contributed by atoms with Crippen molar-refractivity contribution in [1.29, 1.82) is 0 Å². The maximum absolute atomic E-state index is 11.7. The van der Waals surface area contributed by atoms with E-state index in [9.17, 15) is 9.59 Å². The van der Waals surface area contributed by atoms with Crippen LogP contribution in [0.15, 0.2) is 24.3 Å². The van der Waals surface area contributed by atoms with Gasteiger partial charge in [-0.2, -0.15) is 0 Å². The average molecular weight is 280 g/mol. The summed E-state index contributed by atoms with van der Waals surface area (Å²) in [5.41, 5.74) is 0.826. The SMILES string of the molecule is CCCC(NC(=O)NCc1ccccc1OC)C(=O)O. The number of hydrogen-bond donors (Lipinski definition) is 3. The summed E-state index contributed by atoms with van der Waals surface area (Å²) in [4.78, 5) is 22.6. The monoisotopic (exact) mass is 280 g/mol. The van der Waals surface area contributed by atoms with Gasteiger partial charge in [-0.1, -0.05) is 31.5 Å². The molecule has 0 aliphatic heterocycles. The molecule has 1 unspecified atom stereocenters. The molecule has 1 rings (SSSR count). The summed E-state index contributed by atoms with van der Waals surface area (Å²) in [6, 6.07) is 5.94. The number of rotatable bonds is 7. The highest BCUT2D eigenvalue weighted by Gasteiger charge is 2.18. The molecule has 1 aromatic carbocycles. The zero-order valence-electron chi connectivity index (χ0n) is 11.7. The highest BCUT2D eigenvalue weighted by atomic mass is 16.5. The molecule has 0 spiro atoms. The van der Waals surface area contributed by atoms with Crippen molar-refractivity contribution in [3.05, 3.63) is 29.8 Å². The van der Waals surface area contributed by atoms with Gasteiger partial charge in [0, 0.05) is 12.1 Å². The predicted octanol–water partition coefficient (Wildman–Crippen LogP) is 1.75. The summed E-state index contributed by atoms with van der Waals surface area (Å²) in [5, 5.41) is 14.0. The van der Waals surface area contributed by atoms with Crippen molar-refractivity contribution in [2.24, 2.45) is 0 Å². The first kappa shape index (κ1) is 15.8. The molecule has 110 valence electrons. The number of nitrogens with one attached hydrogen (secondary N) is 2. The minimum Gasteiger partial charge on any atom is -0.496 e. The number of benzene rings is 1. The minimum absolute atomic E-state index is 0.272. The zero-order valence-corrected chi connectivity index (χ0v) is 11.7. The Kier molecular flexibility index (Phi) is 6.36. The van der Waals surface area contributed by atoms with Gasteiger partial charge in [0.15, 0.2) is 0 Å². The van der Waals surface area contributed by atoms with Crippen molar-refractivity contribution in [1.82, 2.24) is 10.6 Å². The number of carbonyl (C=O) groups excluding carboxylic acids is 1. The maximum Gasteiger partial charge on any atom is 0.326 e. The van der Waals surface area contributed by atoms with Crippen molar-refractivity contribution >= 4 is 12.0 Å². The van der Waals surface area contributed by atoms with Gasteiger partial charge in [0.25, 0.3) is 0 Å². The fourth-order valence-electron chi connectivity index (χ4n) is 1.78. The van der Waals surface area contributed by atoms with Gasteiger partial charge in [0.1, 0.15) is 11.8 Å². The van der Waals surface area contributed by atoms with Crippen LogP contribution in [0.5, 0.6) is 5.75 Å². The van der Waals surface area contributed by atoms with Crippen LogP contribution in [0.2, 0.25) is 0 Å².